The molecule has 2 aliphatic rings. The number of nitrogens with zero attached hydrogens (tertiary/aromatic N) is 1. The summed E-state index contributed by atoms with van der Waals surface area (Å²) in [5.74, 6) is 5.36. The van der Waals surface area contributed by atoms with E-state index in [0.29, 0.717) is 5.56 Å². The van der Waals surface area contributed by atoms with Gasteiger partial charge in [0.25, 0.3) is 5.91 Å². The van der Waals surface area contributed by atoms with Gasteiger partial charge in [-0.25, -0.2) is 0 Å². The Hall–Kier alpha value is -3.01. The average molecular weight is 500 g/mol. The van der Waals surface area contributed by atoms with Gasteiger partial charge in [-0.1, -0.05) is 48.6 Å². The van der Waals surface area contributed by atoms with Crippen molar-refractivity contribution in [3.05, 3.63) is 93.5 Å². The van der Waals surface area contributed by atoms with Gasteiger partial charge in [-0.3, -0.25) is 4.79 Å². The van der Waals surface area contributed by atoms with Crippen LogP contribution in [0.4, 0.5) is 13.2 Å². The van der Waals surface area contributed by atoms with Gasteiger partial charge in [0.15, 0.2) is 0 Å². The highest BCUT2D eigenvalue weighted by Gasteiger charge is 2.47. The molecular formula is C28H25ClF3NO2. The van der Waals surface area contributed by atoms with Gasteiger partial charge in [-0.2, -0.15) is 13.2 Å². The summed E-state index contributed by atoms with van der Waals surface area (Å²) in [6, 6.07) is 16.5. The van der Waals surface area contributed by atoms with Gasteiger partial charge < -0.3 is 10.0 Å². The molecule has 3 nitrogen and oxygen atoms in total. The average Bonchev–Trinajstić information content (AvgIpc) is 2.82. The standard InChI is InChI=1S/C28H25ClF3NO2/c1-19-17-23(29)18-24(28(30,31)32)25(19)27(35)13-15-33(16-14-27)26(34)22-11-9-21(10-12-22)8-7-20-5-3-2-4-6-20/h2-6,9-12,18-19,35H,13-17H2,1H3. The fourth-order valence-corrected chi connectivity index (χ4v) is 5.13. The van der Waals surface area contributed by atoms with Gasteiger partial charge in [-0.15, -0.1) is 0 Å². The molecule has 1 heterocycles. The minimum absolute atomic E-state index is 0.0251. The molecule has 182 valence electrons. The maximum absolute atomic E-state index is 13.7. The quantitative estimate of drug-likeness (QED) is 0.509. The third-order valence-electron chi connectivity index (χ3n) is 6.53. The fraction of sp³-hybridized carbons (Fsp3) is 0.321. The first kappa shape index (κ1) is 25.1. The number of rotatable bonds is 2. The van der Waals surface area contributed by atoms with Crippen molar-refractivity contribution < 1.29 is 23.1 Å². The molecule has 1 N–H and O–H groups in total. The van der Waals surface area contributed by atoms with E-state index in [1.165, 1.54) is 0 Å². The zero-order valence-corrected chi connectivity index (χ0v) is 20.0. The fourth-order valence-electron chi connectivity index (χ4n) is 4.79. The highest BCUT2D eigenvalue weighted by Crippen LogP contribution is 2.46. The Labute approximate surface area is 207 Å². The molecule has 1 saturated heterocycles. The molecule has 2 aromatic rings. The SMILES string of the molecule is CC1CC(Cl)=CC(C(F)(F)F)=C1C1(O)CCN(C(=O)c2ccc(C#Cc3ccccc3)cc2)CC1. The van der Waals surface area contributed by atoms with Gasteiger partial charge in [0, 0.05) is 34.8 Å². The first-order valence-corrected chi connectivity index (χ1v) is 11.8. The van der Waals surface area contributed by atoms with Gasteiger partial charge in [0.05, 0.1) is 11.2 Å². The van der Waals surface area contributed by atoms with Crippen LogP contribution in [0.15, 0.2) is 76.9 Å². The Kier molecular flexibility index (Phi) is 7.12. The first-order chi connectivity index (χ1) is 16.6. The van der Waals surface area contributed by atoms with Crippen molar-refractivity contribution in [2.45, 2.75) is 38.0 Å². The Morgan fingerprint density at radius 1 is 1.03 bits per heavy atom. The zero-order chi connectivity index (χ0) is 25.2. The van der Waals surface area contributed by atoms with E-state index in [0.717, 1.165) is 17.2 Å². The summed E-state index contributed by atoms with van der Waals surface area (Å²) in [5, 5.41) is 11.4. The number of carbonyl (C=O) groups excluding carboxylic acids is 1. The summed E-state index contributed by atoms with van der Waals surface area (Å²) < 4.78 is 41.2. The molecule has 0 radical (unpaired) electrons. The number of halogens is 4. The Balaban J connectivity index is 1.46. The summed E-state index contributed by atoms with van der Waals surface area (Å²) in [4.78, 5) is 14.6. The van der Waals surface area contributed by atoms with E-state index in [9.17, 15) is 23.1 Å². The van der Waals surface area contributed by atoms with Crippen LogP contribution in [0.5, 0.6) is 0 Å². The van der Waals surface area contributed by atoms with Crippen molar-refractivity contribution in [2.75, 3.05) is 13.1 Å². The topological polar surface area (TPSA) is 40.5 Å². The molecule has 35 heavy (non-hydrogen) atoms. The van der Waals surface area contributed by atoms with Crippen LogP contribution in [0.3, 0.4) is 0 Å². The van der Waals surface area contributed by atoms with Crippen LogP contribution < -0.4 is 0 Å². The molecule has 4 rings (SSSR count). The monoisotopic (exact) mass is 499 g/mol. The Morgan fingerprint density at radius 3 is 2.17 bits per heavy atom. The summed E-state index contributed by atoms with van der Waals surface area (Å²) in [5.41, 5.74) is -0.396. The predicted molar refractivity (Wildman–Crippen MR) is 130 cm³/mol. The number of piperidine rings is 1. The maximum atomic E-state index is 13.7. The number of hydrogen-bond acceptors (Lipinski definition) is 2. The van der Waals surface area contributed by atoms with E-state index in [4.69, 9.17) is 11.6 Å². The first-order valence-electron chi connectivity index (χ1n) is 11.4. The molecule has 1 aliphatic carbocycles. The molecule has 1 unspecified atom stereocenters. The van der Waals surface area contributed by atoms with E-state index < -0.39 is 23.3 Å². The molecule has 0 aromatic heterocycles. The second kappa shape index (κ2) is 9.93. The Morgan fingerprint density at radius 2 is 1.60 bits per heavy atom. The maximum Gasteiger partial charge on any atom is 0.416 e. The molecule has 7 heteroatoms. The highest BCUT2D eigenvalue weighted by molar-refractivity contribution is 6.29. The molecule has 1 amide bonds. The molecule has 1 atom stereocenters. The molecular weight excluding hydrogens is 475 g/mol. The lowest BCUT2D eigenvalue weighted by Crippen LogP contribution is -2.49. The van der Waals surface area contributed by atoms with Crippen LogP contribution in [0, 0.1) is 17.8 Å². The van der Waals surface area contributed by atoms with Crippen molar-refractivity contribution in [3.63, 3.8) is 0 Å². The van der Waals surface area contributed by atoms with Crippen LogP contribution in [-0.2, 0) is 0 Å². The zero-order valence-electron chi connectivity index (χ0n) is 19.2. The number of amides is 1. The van der Waals surface area contributed by atoms with Crippen LogP contribution in [0.2, 0.25) is 0 Å². The third kappa shape index (κ3) is 5.63. The molecule has 1 aliphatic heterocycles. The number of carbonyl (C=O) groups is 1. The van der Waals surface area contributed by atoms with Crippen LogP contribution in [0.1, 0.15) is 47.7 Å². The predicted octanol–water partition coefficient (Wildman–Crippen LogP) is 6.07. The lowest BCUT2D eigenvalue weighted by molar-refractivity contribution is -0.0939. The third-order valence-corrected chi connectivity index (χ3v) is 6.79. The summed E-state index contributed by atoms with van der Waals surface area (Å²) in [6.45, 7) is 1.96. The molecule has 2 aromatic carbocycles. The highest BCUT2D eigenvalue weighted by atomic mass is 35.5. The minimum atomic E-state index is -4.61. The molecule has 0 spiro atoms. The van der Waals surface area contributed by atoms with Gasteiger partial charge in [0.1, 0.15) is 0 Å². The Bertz CT molecular complexity index is 1210. The molecule has 0 bridgehead atoms. The number of alkyl halides is 3. The van der Waals surface area contributed by atoms with Crippen molar-refractivity contribution >= 4 is 17.5 Å². The number of likely N-dealkylation sites (tertiary alicyclic amines) is 1. The normalized spacial score (nSPS) is 20.1. The largest absolute Gasteiger partial charge is 0.416 e. The van der Waals surface area contributed by atoms with E-state index in [1.54, 1.807) is 36.1 Å². The van der Waals surface area contributed by atoms with Crippen LogP contribution in [-0.4, -0.2) is 40.8 Å². The lowest BCUT2D eigenvalue weighted by Gasteiger charge is -2.43. The summed E-state index contributed by atoms with van der Waals surface area (Å²) in [7, 11) is 0. The van der Waals surface area contributed by atoms with Crippen molar-refractivity contribution in [1.29, 1.82) is 0 Å². The van der Waals surface area contributed by atoms with Crippen molar-refractivity contribution in [1.82, 2.24) is 4.90 Å². The van der Waals surface area contributed by atoms with Crippen LogP contribution >= 0.6 is 11.6 Å². The second-order valence-electron chi connectivity index (χ2n) is 9.04. The number of allylic oxidation sites excluding steroid dienone is 3. The van der Waals surface area contributed by atoms with Gasteiger partial charge in [0.2, 0.25) is 0 Å². The van der Waals surface area contributed by atoms with Crippen molar-refractivity contribution in [3.8, 4) is 11.8 Å². The van der Waals surface area contributed by atoms with E-state index in [1.807, 2.05) is 30.3 Å². The van der Waals surface area contributed by atoms with Crippen LogP contribution in [0.25, 0.3) is 0 Å². The van der Waals surface area contributed by atoms with E-state index in [-0.39, 0.29) is 48.9 Å². The molecule has 0 saturated carbocycles. The van der Waals surface area contributed by atoms with Gasteiger partial charge >= 0.3 is 6.18 Å². The lowest BCUT2D eigenvalue weighted by atomic mass is 9.73. The summed E-state index contributed by atoms with van der Waals surface area (Å²) in [6.07, 6.45) is -3.37. The van der Waals surface area contributed by atoms with E-state index >= 15 is 0 Å². The van der Waals surface area contributed by atoms with Crippen molar-refractivity contribution in [2.24, 2.45) is 5.92 Å². The van der Waals surface area contributed by atoms with Gasteiger partial charge in [-0.05, 0) is 73.2 Å². The number of aliphatic hydroxyl groups is 1. The minimum Gasteiger partial charge on any atom is -0.385 e. The summed E-state index contributed by atoms with van der Waals surface area (Å²) >= 11 is 5.94. The smallest absolute Gasteiger partial charge is 0.385 e. The number of hydrogen-bond donors (Lipinski definition) is 1. The van der Waals surface area contributed by atoms with E-state index in [2.05, 4.69) is 11.8 Å². The number of benzene rings is 2. The molecule has 1 fully saturated rings. The second-order valence-corrected chi connectivity index (χ2v) is 9.52.